The molecule has 120 valence electrons. The normalized spacial score (nSPS) is 11.1. The molecular formula is C16H15Cl2N3O2. The Labute approximate surface area is 144 Å². The van der Waals surface area contributed by atoms with Gasteiger partial charge < -0.3 is 15.9 Å². The molecular weight excluding hydrogens is 337 g/mol. The molecule has 0 aliphatic rings. The fourth-order valence-corrected chi connectivity index (χ4v) is 2.05. The fourth-order valence-electron chi connectivity index (χ4n) is 1.72. The van der Waals surface area contributed by atoms with E-state index in [1.807, 2.05) is 18.2 Å². The largest absolute Gasteiger partial charge is 0.384 e. The summed E-state index contributed by atoms with van der Waals surface area (Å²) in [7, 11) is 0. The van der Waals surface area contributed by atoms with E-state index in [9.17, 15) is 4.79 Å². The van der Waals surface area contributed by atoms with Crippen LogP contribution in [0.4, 0.5) is 0 Å². The average molecular weight is 352 g/mol. The van der Waals surface area contributed by atoms with Gasteiger partial charge in [0.15, 0.2) is 12.4 Å². The minimum absolute atomic E-state index is 0.167. The van der Waals surface area contributed by atoms with Gasteiger partial charge in [0.05, 0.1) is 0 Å². The number of halogens is 2. The summed E-state index contributed by atoms with van der Waals surface area (Å²) in [6.45, 7) is 0.0803. The topological polar surface area (TPSA) is 76.7 Å². The number of hydrogen-bond acceptors (Lipinski definition) is 3. The molecule has 0 saturated carbocycles. The lowest BCUT2D eigenvalue weighted by atomic mass is 10.2. The Hall–Kier alpha value is -2.24. The molecule has 0 aromatic heterocycles. The van der Waals surface area contributed by atoms with Crippen molar-refractivity contribution >= 4 is 34.9 Å². The number of benzene rings is 2. The summed E-state index contributed by atoms with van der Waals surface area (Å²) in [5.74, 6) is -0.154. The highest BCUT2D eigenvalue weighted by Gasteiger charge is 2.05. The van der Waals surface area contributed by atoms with Gasteiger partial charge in [0.25, 0.3) is 5.91 Å². The number of carbonyl (C=O) groups is 1. The molecule has 2 aromatic rings. The Morgan fingerprint density at radius 1 is 1.13 bits per heavy atom. The van der Waals surface area contributed by atoms with Crippen molar-refractivity contribution in [3.63, 3.8) is 0 Å². The maximum Gasteiger partial charge on any atom is 0.261 e. The molecule has 0 aliphatic carbocycles. The predicted molar refractivity (Wildman–Crippen MR) is 91.4 cm³/mol. The smallest absolute Gasteiger partial charge is 0.261 e. The van der Waals surface area contributed by atoms with Crippen LogP contribution < -0.4 is 11.1 Å². The van der Waals surface area contributed by atoms with Crippen molar-refractivity contribution in [1.29, 1.82) is 0 Å². The zero-order valence-electron chi connectivity index (χ0n) is 12.1. The zero-order chi connectivity index (χ0) is 16.7. The van der Waals surface area contributed by atoms with Crippen LogP contribution in [0.2, 0.25) is 10.0 Å². The summed E-state index contributed by atoms with van der Waals surface area (Å²) in [6.07, 6.45) is 0. The minimum atomic E-state index is -0.322. The first-order chi connectivity index (χ1) is 11.1. The van der Waals surface area contributed by atoms with E-state index in [0.717, 1.165) is 5.56 Å². The predicted octanol–water partition coefficient (Wildman–Crippen LogP) is 2.95. The number of hydrogen-bond donors (Lipinski definition) is 2. The van der Waals surface area contributed by atoms with E-state index in [4.69, 9.17) is 33.8 Å². The summed E-state index contributed by atoms with van der Waals surface area (Å²) in [4.78, 5) is 16.6. The molecule has 2 aromatic carbocycles. The van der Waals surface area contributed by atoms with Crippen molar-refractivity contribution in [2.75, 3.05) is 6.61 Å². The molecule has 0 unspecified atom stereocenters. The maximum absolute atomic E-state index is 11.7. The number of amidine groups is 1. The molecule has 0 heterocycles. The summed E-state index contributed by atoms with van der Waals surface area (Å²) in [5, 5.41) is 7.58. The highest BCUT2D eigenvalue weighted by atomic mass is 35.5. The summed E-state index contributed by atoms with van der Waals surface area (Å²) < 4.78 is 0. The summed E-state index contributed by atoms with van der Waals surface area (Å²) >= 11 is 11.8. The van der Waals surface area contributed by atoms with Crippen molar-refractivity contribution < 1.29 is 9.63 Å². The van der Waals surface area contributed by atoms with Gasteiger partial charge in [-0.25, -0.2) is 0 Å². The van der Waals surface area contributed by atoms with Crippen molar-refractivity contribution in [1.82, 2.24) is 5.32 Å². The summed E-state index contributed by atoms with van der Waals surface area (Å²) in [6, 6.07) is 14.1. The van der Waals surface area contributed by atoms with Gasteiger partial charge in [0, 0.05) is 22.2 Å². The van der Waals surface area contributed by atoms with Crippen LogP contribution >= 0.6 is 23.2 Å². The Kier molecular flexibility index (Phi) is 6.26. The molecule has 0 bridgehead atoms. The number of nitrogens with zero attached hydrogens (tertiary/aromatic N) is 1. The number of amides is 1. The van der Waals surface area contributed by atoms with E-state index < -0.39 is 0 Å². The molecule has 0 radical (unpaired) electrons. The van der Waals surface area contributed by atoms with Crippen LogP contribution in [0, 0.1) is 0 Å². The molecule has 2 rings (SSSR count). The third-order valence-electron chi connectivity index (χ3n) is 2.93. The second kappa shape index (κ2) is 8.41. The van der Waals surface area contributed by atoms with E-state index in [0.29, 0.717) is 22.2 Å². The lowest BCUT2D eigenvalue weighted by molar-refractivity contribution is -0.125. The summed E-state index contributed by atoms with van der Waals surface area (Å²) in [5.41, 5.74) is 7.23. The quantitative estimate of drug-likeness (QED) is 0.477. The van der Waals surface area contributed by atoms with Crippen molar-refractivity contribution in [2.45, 2.75) is 6.54 Å². The van der Waals surface area contributed by atoms with E-state index in [1.165, 1.54) is 0 Å². The number of oxime groups is 1. The molecule has 0 fully saturated rings. The number of nitrogens with two attached hydrogens (primary N) is 1. The van der Waals surface area contributed by atoms with Crippen molar-refractivity contribution in [3.05, 3.63) is 69.7 Å². The lowest BCUT2D eigenvalue weighted by Gasteiger charge is -2.06. The Balaban J connectivity index is 1.79. The van der Waals surface area contributed by atoms with E-state index in [-0.39, 0.29) is 18.3 Å². The number of rotatable bonds is 6. The molecule has 1 amide bonds. The van der Waals surface area contributed by atoms with Gasteiger partial charge in [0.2, 0.25) is 0 Å². The van der Waals surface area contributed by atoms with Gasteiger partial charge in [-0.05, 0) is 35.9 Å². The maximum atomic E-state index is 11.7. The molecule has 7 heteroatoms. The van der Waals surface area contributed by atoms with Crippen LogP contribution in [0.3, 0.4) is 0 Å². The first kappa shape index (κ1) is 17.1. The van der Waals surface area contributed by atoms with Gasteiger partial charge in [0.1, 0.15) is 0 Å². The molecule has 5 nitrogen and oxygen atoms in total. The highest BCUT2D eigenvalue weighted by Crippen LogP contribution is 2.14. The molecule has 23 heavy (non-hydrogen) atoms. The number of carbonyl (C=O) groups excluding carboxylic acids is 1. The van der Waals surface area contributed by atoms with Gasteiger partial charge in [-0.2, -0.15) is 0 Å². The van der Waals surface area contributed by atoms with Crippen LogP contribution in [0.25, 0.3) is 0 Å². The van der Waals surface area contributed by atoms with Crippen molar-refractivity contribution in [3.8, 4) is 0 Å². The van der Waals surface area contributed by atoms with Gasteiger partial charge >= 0.3 is 0 Å². The van der Waals surface area contributed by atoms with Crippen LogP contribution in [0.1, 0.15) is 11.1 Å². The van der Waals surface area contributed by atoms with Crippen molar-refractivity contribution in [2.24, 2.45) is 10.9 Å². The molecule has 0 aliphatic heterocycles. The third-order valence-corrected chi connectivity index (χ3v) is 3.55. The SMILES string of the molecule is N/C(=N\OCC(=O)NCc1ccccc1Cl)c1ccc(Cl)cc1. The minimum Gasteiger partial charge on any atom is -0.384 e. The Bertz CT molecular complexity index is 703. The molecule has 0 saturated heterocycles. The monoisotopic (exact) mass is 351 g/mol. The van der Waals surface area contributed by atoms with E-state index in [1.54, 1.807) is 30.3 Å². The van der Waals surface area contributed by atoms with Crippen LogP contribution in [0.15, 0.2) is 53.7 Å². The average Bonchev–Trinajstić information content (AvgIpc) is 2.54. The van der Waals surface area contributed by atoms with Gasteiger partial charge in [-0.3, -0.25) is 4.79 Å². The van der Waals surface area contributed by atoms with Crippen LogP contribution in [0.5, 0.6) is 0 Å². The second-order valence-electron chi connectivity index (χ2n) is 4.62. The number of nitrogens with one attached hydrogen (secondary N) is 1. The van der Waals surface area contributed by atoms with Crippen LogP contribution in [-0.2, 0) is 16.2 Å². The molecule has 0 atom stereocenters. The Morgan fingerprint density at radius 3 is 2.52 bits per heavy atom. The van der Waals surface area contributed by atoms with Crippen LogP contribution in [-0.4, -0.2) is 18.3 Å². The van der Waals surface area contributed by atoms with Gasteiger partial charge in [-0.1, -0.05) is 46.6 Å². The zero-order valence-corrected chi connectivity index (χ0v) is 13.6. The highest BCUT2D eigenvalue weighted by molar-refractivity contribution is 6.31. The Morgan fingerprint density at radius 2 is 1.83 bits per heavy atom. The van der Waals surface area contributed by atoms with Gasteiger partial charge in [-0.15, -0.1) is 0 Å². The lowest BCUT2D eigenvalue weighted by Crippen LogP contribution is -2.27. The molecule has 0 spiro atoms. The fraction of sp³-hybridized carbons (Fsp3) is 0.125. The standard InChI is InChI=1S/C16H15Cl2N3O2/c17-13-7-5-11(6-8-13)16(19)21-23-10-15(22)20-9-12-3-1-2-4-14(12)18/h1-8H,9-10H2,(H2,19,21)(H,20,22). The molecule has 3 N–H and O–H groups in total. The van der Waals surface area contributed by atoms with E-state index in [2.05, 4.69) is 10.5 Å². The third kappa shape index (κ3) is 5.47. The van der Waals surface area contributed by atoms with E-state index >= 15 is 0 Å². The second-order valence-corrected chi connectivity index (χ2v) is 5.47. The first-order valence-corrected chi connectivity index (χ1v) is 7.53. The first-order valence-electron chi connectivity index (χ1n) is 6.77.